The Morgan fingerprint density at radius 1 is 0.674 bits per heavy atom. The van der Waals surface area contributed by atoms with Crippen LogP contribution in [0.25, 0.3) is 59.7 Å². The van der Waals surface area contributed by atoms with Crippen LogP contribution in [0.2, 0.25) is 0 Å². The lowest BCUT2D eigenvalue weighted by molar-refractivity contribution is 0.181. The van der Waals surface area contributed by atoms with Crippen molar-refractivity contribution in [3.63, 3.8) is 0 Å². The number of nitrogens with zero attached hydrogens (tertiary/aromatic N) is 2. The summed E-state index contributed by atoms with van der Waals surface area (Å²) in [6, 6.07) is 41.2. The first kappa shape index (κ1) is 26.0. The Labute approximate surface area is 270 Å². The van der Waals surface area contributed by atoms with Gasteiger partial charge in [0.1, 0.15) is 11.9 Å². The molecule has 46 heavy (non-hydrogen) atoms. The van der Waals surface area contributed by atoms with Crippen molar-refractivity contribution in [2.24, 2.45) is 0 Å². The number of allylic oxidation sites excluding steroid dienone is 2. The van der Waals surface area contributed by atoms with Gasteiger partial charge in [-0.2, -0.15) is 0 Å². The van der Waals surface area contributed by atoms with Gasteiger partial charge in [-0.15, -0.1) is 11.3 Å². The van der Waals surface area contributed by atoms with E-state index in [1.807, 2.05) is 11.3 Å². The summed E-state index contributed by atoms with van der Waals surface area (Å²) in [5.74, 6) is 2.14. The molecule has 0 radical (unpaired) electrons. The highest BCUT2D eigenvalue weighted by molar-refractivity contribution is 7.26. The van der Waals surface area contributed by atoms with E-state index in [2.05, 4.69) is 140 Å². The molecule has 7 aromatic rings. The van der Waals surface area contributed by atoms with Crippen molar-refractivity contribution in [1.29, 1.82) is 0 Å². The lowest BCUT2D eigenvalue weighted by atomic mass is 9.76. The maximum atomic E-state index is 6.49. The van der Waals surface area contributed by atoms with Crippen LogP contribution in [0.5, 0.6) is 0 Å². The fraction of sp³-hybridized carbons (Fsp3) is 0.0952. The third kappa shape index (κ3) is 3.97. The van der Waals surface area contributed by atoms with Crippen molar-refractivity contribution in [1.82, 2.24) is 9.97 Å². The zero-order valence-corrected chi connectivity index (χ0v) is 25.7. The topological polar surface area (TPSA) is 35.0 Å². The SMILES string of the molecule is C1=CC(c2nc(-c3cc(-c4ccccc4)c4c(c3)sc3ccccc34)nc3ccccc23)CC2=C1OC1C=Cc3ccccc3C21. The van der Waals surface area contributed by atoms with Crippen LogP contribution in [0.1, 0.15) is 35.1 Å². The molecule has 4 heteroatoms. The molecule has 0 saturated heterocycles. The van der Waals surface area contributed by atoms with Gasteiger partial charge in [0.2, 0.25) is 0 Å². The zero-order chi connectivity index (χ0) is 30.2. The number of rotatable bonds is 3. The van der Waals surface area contributed by atoms with E-state index in [-0.39, 0.29) is 17.9 Å². The molecule has 218 valence electrons. The molecule has 0 amide bonds. The quantitative estimate of drug-likeness (QED) is 0.200. The van der Waals surface area contributed by atoms with Gasteiger partial charge in [-0.3, -0.25) is 0 Å². The molecule has 2 aromatic heterocycles. The minimum Gasteiger partial charge on any atom is -0.485 e. The zero-order valence-electron chi connectivity index (χ0n) is 24.9. The van der Waals surface area contributed by atoms with Crippen molar-refractivity contribution >= 4 is 48.5 Å². The number of aromatic nitrogens is 2. The van der Waals surface area contributed by atoms with E-state index in [4.69, 9.17) is 14.7 Å². The van der Waals surface area contributed by atoms with Crippen LogP contribution in [0.15, 0.2) is 145 Å². The smallest absolute Gasteiger partial charge is 0.160 e. The summed E-state index contributed by atoms with van der Waals surface area (Å²) >= 11 is 1.84. The van der Waals surface area contributed by atoms with E-state index in [1.54, 1.807) is 0 Å². The lowest BCUT2D eigenvalue weighted by Gasteiger charge is -2.26. The molecule has 3 nitrogen and oxygen atoms in total. The molecule has 0 fully saturated rings. The summed E-state index contributed by atoms with van der Waals surface area (Å²) in [6.45, 7) is 0. The van der Waals surface area contributed by atoms with Crippen molar-refractivity contribution in [3.8, 4) is 22.5 Å². The molecule has 0 N–H and O–H groups in total. The number of thiophene rings is 1. The minimum absolute atomic E-state index is 0.0467. The first-order valence-corrected chi connectivity index (χ1v) is 16.7. The highest BCUT2D eigenvalue weighted by Gasteiger charge is 2.40. The van der Waals surface area contributed by atoms with Crippen molar-refractivity contribution in [2.75, 3.05) is 0 Å². The van der Waals surface area contributed by atoms with Gasteiger partial charge < -0.3 is 4.74 Å². The summed E-state index contributed by atoms with van der Waals surface area (Å²) < 4.78 is 9.03. The van der Waals surface area contributed by atoms with Gasteiger partial charge in [-0.1, -0.05) is 103 Å². The Balaban J connectivity index is 1.13. The summed E-state index contributed by atoms with van der Waals surface area (Å²) in [6.07, 6.45) is 9.82. The van der Waals surface area contributed by atoms with Gasteiger partial charge in [0.05, 0.1) is 17.1 Å². The van der Waals surface area contributed by atoms with Gasteiger partial charge in [-0.05, 0) is 70.7 Å². The lowest BCUT2D eigenvalue weighted by Crippen LogP contribution is -2.19. The van der Waals surface area contributed by atoms with Gasteiger partial charge in [0, 0.05) is 37.0 Å². The summed E-state index contributed by atoms with van der Waals surface area (Å²) in [7, 11) is 0. The van der Waals surface area contributed by atoms with E-state index < -0.39 is 0 Å². The highest BCUT2D eigenvalue weighted by atomic mass is 32.1. The van der Waals surface area contributed by atoms with Crippen LogP contribution in [0.4, 0.5) is 0 Å². The Morgan fingerprint density at radius 3 is 2.41 bits per heavy atom. The maximum absolute atomic E-state index is 6.49. The predicted octanol–water partition coefficient (Wildman–Crippen LogP) is 10.8. The van der Waals surface area contributed by atoms with Gasteiger partial charge in [0.15, 0.2) is 5.82 Å². The molecular weight excluding hydrogens is 581 g/mol. The summed E-state index contributed by atoms with van der Waals surface area (Å²) in [5.41, 5.74) is 9.52. The molecule has 0 saturated carbocycles. The van der Waals surface area contributed by atoms with Gasteiger partial charge in [0.25, 0.3) is 0 Å². The van der Waals surface area contributed by atoms with E-state index in [0.717, 1.165) is 40.2 Å². The second-order valence-electron chi connectivity index (χ2n) is 12.4. The Kier molecular flexibility index (Phi) is 5.70. The third-order valence-electron chi connectivity index (χ3n) is 9.81. The minimum atomic E-state index is 0.0467. The molecule has 1 aliphatic heterocycles. The van der Waals surface area contributed by atoms with Crippen LogP contribution in [-0.4, -0.2) is 16.1 Å². The molecule has 3 aliphatic rings. The fourth-order valence-corrected chi connectivity index (χ4v) is 8.88. The van der Waals surface area contributed by atoms with Crippen molar-refractivity contribution in [2.45, 2.75) is 24.4 Å². The Bertz CT molecular complexity index is 2450. The monoisotopic (exact) mass is 608 g/mol. The number of benzene rings is 5. The van der Waals surface area contributed by atoms with Gasteiger partial charge >= 0.3 is 0 Å². The molecule has 0 spiro atoms. The van der Waals surface area contributed by atoms with E-state index >= 15 is 0 Å². The second-order valence-corrected chi connectivity index (χ2v) is 13.5. The van der Waals surface area contributed by atoms with Crippen LogP contribution < -0.4 is 0 Å². The molecule has 3 heterocycles. The third-order valence-corrected chi connectivity index (χ3v) is 10.9. The number of hydrogen-bond acceptors (Lipinski definition) is 4. The van der Waals surface area contributed by atoms with Crippen LogP contribution in [0, 0.1) is 0 Å². The van der Waals surface area contributed by atoms with E-state index in [9.17, 15) is 0 Å². The molecule has 5 aromatic carbocycles. The molecule has 0 bridgehead atoms. The number of hydrogen-bond donors (Lipinski definition) is 0. The summed E-state index contributed by atoms with van der Waals surface area (Å²) in [5, 5.41) is 3.69. The molecular formula is C42H28N2OS. The van der Waals surface area contributed by atoms with Crippen LogP contribution >= 0.6 is 11.3 Å². The Morgan fingerprint density at radius 2 is 1.48 bits per heavy atom. The average Bonchev–Trinajstić information content (AvgIpc) is 3.69. The average molecular weight is 609 g/mol. The fourth-order valence-electron chi connectivity index (χ4n) is 7.71. The van der Waals surface area contributed by atoms with Gasteiger partial charge in [-0.25, -0.2) is 9.97 Å². The van der Waals surface area contributed by atoms with Crippen molar-refractivity contribution in [3.05, 3.63) is 162 Å². The largest absolute Gasteiger partial charge is 0.485 e. The molecule has 10 rings (SSSR count). The van der Waals surface area contributed by atoms with Crippen molar-refractivity contribution < 1.29 is 4.74 Å². The molecule has 3 unspecified atom stereocenters. The number of ether oxygens (including phenoxy) is 1. The van der Waals surface area contributed by atoms with Crippen LogP contribution in [0.3, 0.4) is 0 Å². The summed E-state index contributed by atoms with van der Waals surface area (Å²) in [4.78, 5) is 10.6. The predicted molar refractivity (Wildman–Crippen MR) is 190 cm³/mol. The number of para-hydroxylation sites is 1. The standard InChI is InChI=1S/C42H28N2OS/c1-2-10-25(11-3-1)32-23-28(24-38-40(32)31-15-7-9-17-37(31)46-38)42-43-34-16-8-6-14-30(34)41(44-42)27-19-20-35-33(22-27)39-29-13-5-4-12-26(29)18-21-36(39)45-35/h1-21,23-24,27,36,39H,22H2. The number of fused-ring (bicyclic) bond motifs is 8. The molecule has 3 atom stereocenters. The second kappa shape index (κ2) is 10.1. The van der Waals surface area contributed by atoms with E-state index in [1.165, 1.54) is 48.0 Å². The highest BCUT2D eigenvalue weighted by Crippen LogP contribution is 2.50. The first-order valence-electron chi connectivity index (χ1n) is 15.9. The normalized spacial score (nSPS) is 19.8. The van der Waals surface area contributed by atoms with Crippen LogP contribution in [-0.2, 0) is 4.74 Å². The first-order chi connectivity index (χ1) is 22.8. The maximum Gasteiger partial charge on any atom is 0.160 e. The molecule has 2 aliphatic carbocycles. The Hall–Kier alpha value is -5.32. The van der Waals surface area contributed by atoms with E-state index in [0.29, 0.717) is 0 Å².